The van der Waals surface area contributed by atoms with Crippen molar-refractivity contribution in [1.29, 1.82) is 0 Å². The Labute approximate surface area is 120 Å². The number of hydrogen-bond donors (Lipinski definition) is 1. The van der Waals surface area contributed by atoms with Crippen molar-refractivity contribution in [3.63, 3.8) is 0 Å². The molecule has 102 valence electrons. The third-order valence-electron chi connectivity index (χ3n) is 3.11. The Bertz CT molecular complexity index is 735. The largest absolute Gasteiger partial charge is 0.463 e. The minimum Gasteiger partial charge on any atom is -0.463 e. The van der Waals surface area contributed by atoms with Gasteiger partial charge in [-0.2, -0.15) is 0 Å². The van der Waals surface area contributed by atoms with Crippen LogP contribution >= 0.6 is 11.6 Å². The lowest BCUT2D eigenvalue weighted by molar-refractivity contribution is 0.277. The smallest absolute Gasteiger partial charge is 0.154 e. The first-order valence-corrected chi connectivity index (χ1v) is 6.45. The Morgan fingerprint density at radius 1 is 1.30 bits per heavy atom. The van der Waals surface area contributed by atoms with Gasteiger partial charge in [0.05, 0.1) is 18.6 Å². The Hall–Kier alpha value is -2.11. The molecule has 3 aromatic rings. The molecule has 0 spiro atoms. The number of halogens is 1. The van der Waals surface area contributed by atoms with Crippen LogP contribution in [-0.4, -0.2) is 20.1 Å². The van der Waals surface area contributed by atoms with Crippen molar-refractivity contribution in [3.05, 3.63) is 52.9 Å². The fraction of sp³-hybridized carbons (Fsp3) is 0.143. The van der Waals surface area contributed by atoms with E-state index < -0.39 is 0 Å². The molecule has 0 unspecified atom stereocenters. The zero-order chi connectivity index (χ0) is 14.1. The van der Waals surface area contributed by atoms with E-state index in [0.29, 0.717) is 22.2 Å². The summed E-state index contributed by atoms with van der Waals surface area (Å²) in [6, 6.07) is 9.13. The topological polar surface area (TPSA) is 64.1 Å². The van der Waals surface area contributed by atoms with Gasteiger partial charge in [-0.05, 0) is 36.8 Å². The Balaban J connectivity index is 2.25. The highest BCUT2D eigenvalue weighted by Crippen LogP contribution is 2.29. The molecule has 0 atom stereocenters. The summed E-state index contributed by atoms with van der Waals surface area (Å²) in [5, 5.41) is 18.2. The number of aliphatic hydroxyl groups excluding tert-OH is 1. The van der Waals surface area contributed by atoms with Gasteiger partial charge in [0.1, 0.15) is 11.4 Å². The summed E-state index contributed by atoms with van der Waals surface area (Å²) in [6.07, 6.45) is 1.57. The molecule has 5 nitrogen and oxygen atoms in total. The van der Waals surface area contributed by atoms with Crippen molar-refractivity contribution < 1.29 is 9.52 Å². The first-order valence-electron chi connectivity index (χ1n) is 6.07. The van der Waals surface area contributed by atoms with Gasteiger partial charge in [-0.1, -0.05) is 22.9 Å². The third kappa shape index (κ3) is 2.01. The molecule has 20 heavy (non-hydrogen) atoms. The van der Waals surface area contributed by atoms with E-state index >= 15 is 0 Å². The second-order valence-electron chi connectivity index (χ2n) is 4.32. The molecule has 2 heterocycles. The number of benzene rings is 1. The van der Waals surface area contributed by atoms with Crippen molar-refractivity contribution in [2.45, 2.75) is 13.5 Å². The molecule has 0 amide bonds. The van der Waals surface area contributed by atoms with Crippen LogP contribution in [0.1, 0.15) is 11.3 Å². The zero-order valence-corrected chi connectivity index (χ0v) is 11.5. The lowest BCUT2D eigenvalue weighted by Crippen LogP contribution is -2.02. The molecule has 1 aromatic carbocycles. The summed E-state index contributed by atoms with van der Waals surface area (Å²) in [5.74, 6) is 0.596. The van der Waals surface area contributed by atoms with E-state index in [0.717, 1.165) is 11.3 Å². The van der Waals surface area contributed by atoms with Crippen molar-refractivity contribution in [3.8, 4) is 17.1 Å². The van der Waals surface area contributed by atoms with E-state index in [1.54, 1.807) is 23.1 Å². The summed E-state index contributed by atoms with van der Waals surface area (Å²) in [7, 11) is 0. The third-order valence-corrected chi connectivity index (χ3v) is 3.52. The summed E-state index contributed by atoms with van der Waals surface area (Å²) >= 11 is 6.15. The van der Waals surface area contributed by atoms with Crippen molar-refractivity contribution in [2.75, 3.05) is 0 Å². The second-order valence-corrected chi connectivity index (χ2v) is 4.72. The standard InChI is InChI=1S/C14H12ClN3O2/c1-9-10(15)4-2-5-12(9)18-14(11(8-19)16-17-18)13-6-3-7-20-13/h2-7,19H,8H2,1H3. The Morgan fingerprint density at radius 2 is 2.15 bits per heavy atom. The van der Waals surface area contributed by atoms with Gasteiger partial charge < -0.3 is 9.52 Å². The van der Waals surface area contributed by atoms with Crippen LogP contribution in [0.3, 0.4) is 0 Å². The molecule has 1 N–H and O–H groups in total. The van der Waals surface area contributed by atoms with E-state index in [2.05, 4.69) is 10.3 Å². The maximum Gasteiger partial charge on any atom is 0.154 e. The molecule has 0 saturated heterocycles. The number of hydrogen-bond acceptors (Lipinski definition) is 4. The van der Waals surface area contributed by atoms with Crippen LogP contribution < -0.4 is 0 Å². The summed E-state index contributed by atoms with van der Waals surface area (Å²) in [4.78, 5) is 0. The van der Waals surface area contributed by atoms with E-state index in [4.69, 9.17) is 16.0 Å². The quantitative estimate of drug-likeness (QED) is 0.805. The van der Waals surface area contributed by atoms with Crippen LogP contribution in [-0.2, 0) is 6.61 Å². The number of nitrogens with zero attached hydrogens (tertiary/aromatic N) is 3. The highest BCUT2D eigenvalue weighted by molar-refractivity contribution is 6.31. The fourth-order valence-electron chi connectivity index (χ4n) is 2.07. The average Bonchev–Trinajstić information content (AvgIpc) is 3.09. The molecule has 0 bridgehead atoms. The molecular formula is C14H12ClN3O2. The van der Waals surface area contributed by atoms with Crippen LogP contribution in [0.5, 0.6) is 0 Å². The molecule has 0 aliphatic carbocycles. The minimum absolute atomic E-state index is 0.213. The van der Waals surface area contributed by atoms with Gasteiger partial charge in [-0.3, -0.25) is 0 Å². The molecule has 0 saturated carbocycles. The maximum atomic E-state index is 9.42. The van der Waals surface area contributed by atoms with Crippen LogP contribution in [0.25, 0.3) is 17.1 Å². The van der Waals surface area contributed by atoms with Crippen LogP contribution in [0, 0.1) is 6.92 Å². The number of aromatic nitrogens is 3. The SMILES string of the molecule is Cc1c(Cl)cccc1-n1nnc(CO)c1-c1ccco1. The molecule has 0 aliphatic rings. The van der Waals surface area contributed by atoms with E-state index in [-0.39, 0.29) is 6.61 Å². The predicted molar refractivity (Wildman–Crippen MR) is 74.7 cm³/mol. The van der Waals surface area contributed by atoms with Gasteiger partial charge >= 0.3 is 0 Å². The monoisotopic (exact) mass is 289 g/mol. The van der Waals surface area contributed by atoms with Gasteiger partial charge in [0.2, 0.25) is 0 Å². The zero-order valence-electron chi connectivity index (χ0n) is 10.7. The molecule has 0 fully saturated rings. The van der Waals surface area contributed by atoms with Crippen LogP contribution in [0.2, 0.25) is 5.02 Å². The number of furan rings is 1. The molecule has 3 rings (SSSR count). The molecule has 0 radical (unpaired) electrons. The summed E-state index contributed by atoms with van der Waals surface area (Å²) < 4.78 is 7.04. The molecule has 6 heteroatoms. The van der Waals surface area contributed by atoms with Gasteiger partial charge in [0, 0.05) is 5.02 Å². The Kier molecular flexibility index (Phi) is 3.30. The maximum absolute atomic E-state index is 9.42. The van der Waals surface area contributed by atoms with Crippen molar-refractivity contribution in [2.24, 2.45) is 0 Å². The Morgan fingerprint density at radius 3 is 2.85 bits per heavy atom. The summed E-state index contributed by atoms with van der Waals surface area (Å²) in [6.45, 7) is 1.69. The van der Waals surface area contributed by atoms with Crippen LogP contribution in [0.15, 0.2) is 41.0 Å². The van der Waals surface area contributed by atoms with Crippen molar-refractivity contribution >= 4 is 11.6 Å². The molecule has 0 aliphatic heterocycles. The highest BCUT2D eigenvalue weighted by Gasteiger charge is 2.19. The lowest BCUT2D eigenvalue weighted by atomic mass is 10.2. The second kappa shape index (κ2) is 5.11. The van der Waals surface area contributed by atoms with Crippen molar-refractivity contribution in [1.82, 2.24) is 15.0 Å². The molecular weight excluding hydrogens is 278 g/mol. The van der Waals surface area contributed by atoms with E-state index in [9.17, 15) is 5.11 Å². The van der Waals surface area contributed by atoms with Gasteiger partial charge in [0.15, 0.2) is 5.76 Å². The first kappa shape index (κ1) is 12.9. The average molecular weight is 290 g/mol. The van der Waals surface area contributed by atoms with Gasteiger partial charge in [-0.15, -0.1) is 5.10 Å². The van der Waals surface area contributed by atoms with Crippen LogP contribution in [0.4, 0.5) is 0 Å². The highest BCUT2D eigenvalue weighted by atomic mass is 35.5. The molecule has 2 aromatic heterocycles. The van der Waals surface area contributed by atoms with E-state index in [1.165, 1.54) is 0 Å². The predicted octanol–water partition coefficient (Wildman–Crippen LogP) is 2.98. The minimum atomic E-state index is -0.213. The normalized spacial score (nSPS) is 10.9. The number of rotatable bonds is 3. The first-order chi connectivity index (χ1) is 9.72. The fourth-order valence-corrected chi connectivity index (χ4v) is 2.24. The van der Waals surface area contributed by atoms with E-state index in [1.807, 2.05) is 25.1 Å². The lowest BCUT2D eigenvalue weighted by Gasteiger charge is -2.09. The van der Waals surface area contributed by atoms with Gasteiger partial charge in [-0.25, -0.2) is 4.68 Å². The van der Waals surface area contributed by atoms with Gasteiger partial charge in [0.25, 0.3) is 0 Å². The number of aliphatic hydroxyl groups is 1. The summed E-state index contributed by atoms with van der Waals surface area (Å²) in [5.41, 5.74) is 2.77.